The van der Waals surface area contributed by atoms with Crippen LogP contribution in [0.3, 0.4) is 0 Å². The summed E-state index contributed by atoms with van der Waals surface area (Å²) < 4.78 is 37.8. The zero-order valence-electron chi connectivity index (χ0n) is 34.2. The van der Waals surface area contributed by atoms with Gasteiger partial charge in [-0.15, -0.1) is 0 Å². The van der Waals surface area contributed by atoms with Crippen molar-refractivity contribution in [3.63, 3.8) is 0 Å². The number of nitrogens with zero attached hydrogens (tertiary/aromatic N) is 4. The Morgan fingerprint density at radius 3 is 2.21 bits per heavy atom. The number of carbonyl (C=O) groups is 4. The minimum Gasteiger partial charge on any atom is -0.453 e. The van der Waals surface area contributed by atoms with Crippen LogP contribution >= 0.6 is 0 Å². The number of aromatic nitrogens is 4. The lowest BCUT2D eigenvalue weighted by atomic mass is 10.0. The number of hydrogen-bond acceptors (Lipinski definition) is 8. The topological polar surface area (TPSA) is 175 Å². The summed E-state index contributed by atoms with van der Waals surface area (Å²) >= 11 is 0. The monoisotopic (exact) mass is 832 g/mol. The number of rotatable bonds is 9. The van der Waals surface area contributed by atoms with Crippen molar-refractivity contribution in [1.29, 1.82) is 0 Å². The number of aromatic amines is 2. The van der Waals surface area contributed by atoms with Gasteiger partial charge in [0.2, 0.25) is 5.91 Å². The van der Waals surface area contributed by atoms with Gasteiger partial charge in [-0.1, -0.05) is 37.8 Å². The molecule has 4 N–H and O–H groups in total. The molecule has 3 aromatic carbocycles. The molecule has 3 fully saturated rings. The van der Waals surface area contributed by atoms with Crippen LogP contribution in [0.2, 0.25) is 0 Å². The third-order valence-electron chi connectivity index (χ3n) is 11.9. The van der Waals surface area contributed by atoms with Crippen LogP contribution in [0.5, 0.6) is 0 Å². The van der Waals surface area contributed by atoms with E-state index in [2.05, 4.69) is 37.4 Å². The molecule has 1 aliphatic carbocycles. The molecule has 4 amide bonds. The molecular weight excluding hydrogens is 787 g/mol. The molecule has 4 atom stereocenters. The molecule has 2 aromatic heterocycles. The number of methoxy groups -OCH3 is 2. The van der Waals surface area contributed by atoms with Gasteiger partial charge in [0, 0.05) is 30.3 Å². The van der Waals surface area contributed by atoms with Crippen LogP contribution < -0.4 is 10.6 Å². The summed E-state index contributed by atoms with van der Waals surface area (Å²) in [5.41, 5.74) is 4.76. The molecule has 316 valence electrons. The predicted octanol–water partition coefficient (Wildman–Crippen LogP) is 6.83. The Hall–Kier alpha value is -6.76. The van der Waals surface area contributed by atoms with Crippen molar-refractivity contribution in [1.82, 2.24) is 40.4 Å². The highest BCUT2D eigenvalue weighted by atomic mass is 19.1. The van der Waals surface area contributed by atoms with E-state index in [-0.39, 0.29) is 28.8 Å². The molecule has 3 aliphatic rings. The van der Waals surface area contributed by atoms with E-state index in [1.807, 2.05) is 61.2 Å². The molecule has 8 rings (SSSR count). The number of imidazole rings is 2. The Bertz CT molecular complexity index is 2540. The molecule has 61 heavy (non-hydrogen) atoms. The Morgan fingerprint density at radius 2 is 1.52 bits per heavy atom. The number of ether oxygens (including phenoxy) is 2. The van der Waals surface area contributed by atoms with Gasteiger partial charge in [0.1, 0.15) is 35.4 Å². The number of carbonyl (C=O) groups excluding carboxylic acids is 4. The molecule has 0 unspecified atom stereocenters. The van der Waals surface area contributed by atoms with Gasteiger partial charge < -0.3 is 39.9 Å². The van der Waals surface area contributed by atoms with Gasteiger partial charge >= 0.3 is 12.2 Å². The highest BCUT2D eigenvalue weighted by molar-refractivity contribution is 5.88. The summed E-state index contributed by atoms with van der Waals surface area (Å²) in [4.78, 5) is 71.7. The quantitative estimate of drug-likeness (QED) is 0.117. The normalized spacial score (nSPS) is 18.7. The molecule has 5 aromatic rings. The number of benzene rings is 3. The summed E-state index contributed by atoms with van der Waals surface area (Å²) in [5, 5.41) is 5.15. The van der Waals surface area contributed by atoms with Crippen molar-refractivity contribution in [3.05, 3.63) is 107 Å². The number of fused-ring (bicyclic) bond motifs is 1. The number of alkyl carbamates (subject to hydrolysis) is 2. The van der Waals surface area contributed by atoms with E-state index in [0.717, 1.165) is 71.9 Å². The first kappa shape index (κ1) is 41.0. The van der Waals surface area contributed by atoms with Gasteiger partial charge in [-0.25, -0.2) is 28.3 Å². The van der Waals surface area contributed by atoms with Crippen molar-refractivity contribution in [2.45, 2.75) is 70.1 Å². The second-order valence-electron chi connectivity index (χ2n) is 16.4. The molecule has 1 spiro atoms. The van der Waals surface area contributed by atoms with Crippen LogP contribution in [0, 0.1) is 34.8 Å². The summed E-state index contributed by atoms with van der Waals surface area (Å²) in [6.07, 6.45) is 4.30. The maximum Gasteiger partial charge on any atom is 0.407 e. The van der Waals surface area contributed by atoms with Crippen LogP contribution in [-0.2, 0) is 19.1 Å². The lowest BCUT2D eigenvalue weighted by Gasteiger charge is -2.30. The second-order valence-corrected chi connectivity index (χ2v) is 16.4. The van der Waals surface area contributed by atoms with E-state index in [4.69, 9.17) is 14.5 Å². The second kappa shape index (κ2) is 16.7. The first-order valence-electron chi connectivity index (χ1n) is 20.3. The van der Waals surface area contributed by atoms with Crippen molar-refractivity contribution in [3.8, 4) is 23.1 Å². The molecule has 2 aliphatic heterocycles. The Kier molecular flexibility index (Phi) is 11.2. The highest BCUT2D eigenvalue weighted by Gasteiger charge is 2.55. The van der Waals surface area contributed by atoms with Gasteiger partial charge in [0.05, 0.1) is 49.2 Å². The van der Waals surface area contributed by atoms with Crippen LogP contribution in [0.25, 0.3) is 22.3 Å². The van der Waals surface area contributed by atoms with Crippen LogP contribution in [0.1, 0.15) is 92.4 Å². The van der Waals surface area contributed by atoms with E-state index in [1.54, 1.807) is 11.1 Å². The average Bonchev–Trinajstić information content (AvgIpc) is 3.73. The van der Waals surface area contributed by atoms with Gasteiger partial charge in [-0.2, -0.15) is 0 Å². The molecule has 16 heteroatoms. The molecule has 14 nitrogen and oxygen atoms in total. The number of nitrogens with one attached hydrogen (secondary N) is 4. The maximum absolute atomic E-state index is 14.2. The van der Waals surface area contributed by atoms with E-state index >= 15 is 0 Å². The lowest BCUT2D eigenvalue weighted by Crippen LogP contribution is -2.51. The van der Waals surface area contributed by atoms with Crippen molar-refractivity contribution in [2.24, 2.45) is 11.3 Å². The Labute approximate surface area is 350 Å². The van der Waals surface area contributed by atoms with E-state index in [9.17, 15) is 28.0 Å². The summed E-state index contributed by atoms with van der Waals surface area (Å²) in [6, 6.07) is 13.3. The Morgan fingerprint density at radius 1 is 0.836 bits per heavy atom. The lowest BCUT2D eigenvalue weighted by molar-refractivity contribution is -0.136. The third-order valence-corrected chi connectivity index (χ3v) is 11.9. The minimum atomic E-state index is -1.38. The largest absolute Gasteiger partial charge is 0.453 e. The van der Waals surface area contributed by atoms with E-state index in [0.29, 0.717) is 43.6 Å². The number of hydrogen-bond donors (Lipinski definition) is 4. The average molecular weight is 833 g/mol. The summed E-state index contributed by atoms with van der Waals surface area (Å²) in [6.45, 7) is 4.78. The van der Waals surface area contributed by atoms with Crippen LogP contribution in [0.4, 0.5) is 18.4 Å². The minimum absolute atomic E-state index is 0.0436. The molecule has 0 bridgehead atoms. The fourth-order valence-electron chi connectivity index (χ4n) is 8.43. The molecule has 1 saturated carbocycles. The highest BCUT2D eigenvalue weighted by Crippen LogP contribution is 2.58. The molecule has 0 radical (unpaired) electrons. The van der Waals surface area contributed by atoms with Gasteiger partial charge in [0.25, 0.3) is 5.91 Å². The number of amides is 4. The van der Waals surface area contributed by atoms with Crippen molar-refractivity contribution >= 4 is 35.0 Å². The summed E-state index contributed by atoms with van der Waals surface area (Å²) in [5.74, 6) is 5.15. The fourth-order valence-corrected chi connectivity index (χ4v) is 8.43. The number of likely N-dealkylation sites (tertiary alicyclic amines) is 2. The zero-order chi connectivity index (χ0) is 43.0. The van der Waals surface area contributed by atoms with Crippen molar-refractivity contribution < 1.29 is 37.4 Å². The van der Waals surface area contributed by atoms with Gasteiger partial charge in [-0.3, -0.25) is 9.59 Å². The number of halogens is 2. The SMILES string of the molecule is COC(=O)N[C@H](C(=O)N1CC2(CC2)C[C@H]1c1nc2ccc(C#Cc3ccc(-c4cnc([C@@H]5CCCN5C(=O)[C@H](NC(=O)OC)c5cc(F)cc(F)c5)[nH]4)cc3)cc2[nH]1)C(C)C. The zero-order valence-corrected chi connectivity index (χ0v) is 34.2. The maximum atomic E-state index is 14.2. The first-order valence-corrected chi connectivity index (χ1v) is 20.3. The fraction of sp³-hybridized carbons (Fsp3) is 0.378. The van der Waals surface area contributed by atoms with Crippen LogP contribution in [-0.4, -0.2) is 87.1 Å². The van der Waals surface area contributed by atoms with Gasteiger partial charge in [0.15, 0.2) is 0 Å². The third kappa shape index (κ3) is 8.63. The van der Waals surface area contributed by atoms with Crippen LogP contribution in [0.15, 0.2) is 66.9 Å². The first-order chi connectivity index (χ1) is 29.3. The standard InChI is InChI=1S/C45H46F2N8O6/c1-25(2)37(52-43(58)60-3)41(56)55-24-45(15-16-45)22-36(55)40-49-32-14-11-27(18-33(32)50-40)8-7-26-9-12-28(13-10-26)34-23-48-39(51-34)35-6-5-17-54(35)42(57)38(53-44(59)61-4)29-19-30(46)21-31(47)20-29/h9-14,18-21,23,25,35-38H,5-6,15-17,22,24H2,1-4H3,(H,48,51)(H,49,50)(H,52,58)(H,53,59)/t35-,36-,37-,38+/m0/s1. The molecule has 2 saturated heterocycles. The van der Waals surface area contributed by atoms with E-state index in [1.165, 1.54) is 7.11 Å². The molecule has 4 heterocycles. The smallest absolute Gasteiger partial charge is 0.407 e. The Balaban J connectivity index is 0.953. The number of H-pyrrole nitrogens is 2. The van der Waals surface area contributed by atoms with Gasteiger partial charge in [-0.05, 0) is 97.0 Å². The molecular formula is C45H46F2N8O6. The van der Waals surface area contributed by atoms with Crippen molar-refractivity contribution in [2.75, 3.05) is 27.3 Å². The predicted molar refractivity (Wildman–Crippen MR) is 219 cm³/mol. The van der Waals surface area contributed by atoms with E-state index < -0.39 is 47.9 Å². The summed E-state index contributed by atoms with van der Waals surface area (Å²) in [7, 11) is 2.42.